The predicted octanol–water partition coefficient (Wildman–Crippen LogP) is 7.72. The number of allylic oxidation sites excluding steroid dienone is 1. The fraction of sp³-hybridized carbons (Fsp3) is 0.125. The van der Waals surface area contributed by atoms with E-state index in [1.54, 1.807) is 0 Å². The van der Waals surface area contributed by atoms with Crippen molar-refractivity contribution in [1.82, 2.24) is 4.98 Å². The highest BCUT2D eigenvalue weighted by atomic mass is 14.7. The molecule has 8 rings (SSSR count). The lowest BCUT2D eigenvalue weighted by Crippen LogP contribution is -2.26. The molecule has 1 N–H and O–H groups in total. The molecule has 0 bridgehead atoms. The summed E-state index contributed by atoms with van der Waals surface area (Å²) in [6.07, 6.45) is 5.76. The van der Waals surface area contributed by atoms with Crippen LogP contribution in [0.1, 0.15) is 40.4 Å². The van der Waals surface area contributed by atoms with Crippen molar-refractivity contribution in [3.63, 3.8) is 0 Å². The number of aromatic nitrogens is 1. The average Bonchev–Trinajstić information content (AvgIpc) is 3.47. The van der Waals surface area contributed by atoms with Crippen molar-refractivity contribution >= 4 is 17.0 Å². The Balaban J connectivity index is 1.60. The van der Waals surface area contributed by atoms with E-state index in [0.29, 0.717) is 5.92 Å². The molecule has 0 aliphatic heterocycles. The zero-order valence-corrected chi connectivity index (χ0v) is 18.5. The van der Waals surface area contributed by atoms with E-state index < -0.39 is 0 Å². The zero-order chi connectivity index (χ0) is 21.7. The van der Waals surface area contributed by atoms with E-state index in [1.807, 2.05) is 0 Å². The van der Waals surface area contributed by atoms with Crippen LogP contribution in [0.15, 0.2) is 91.0 Å². The lowest BCUT2D eigenvalue weighted by atomic mass is 9.70. The minimum absolute atomic E-state index is 0.290. The van der Waals surface area contributed by atoms with Gasteiger partial charge in [-0.2, -0.15) is 0 Å². The Morgan fingerprint density at radius 3 is 1.91 bits per heavy atom. The monoisotopic (exact) mass is 421 g/mol. The number of rotatable bonds is 0. The van der Waals surface area contributed by atoms with Gasteiger partial charge in [0.2, 0.25) is 0 Å². The molecule has 0 fully saturated rings. The lowest BCUT2D eigenvalue weighted by molar-refractivity contribution is 0.705. The molecular weight excluding hydrogens is 398 g/mol. The summed E-state index contributed by atoms with van der Waals surface area (Å²) in [5.74, 6) is 0.567. The highest BCUT2D eigenvalue weighted by molar-refractivity contribution is 6.05. The molecule has 3 aliphatic carbocycles. The Morgan fingerprint density at radius 1 is 0.697 bits per heavy atom. The van der Waals surface area contributed by atoms with E-state index in [0.717, 1.165) is 6.42 Å². The van der Waals surface area contributed by atoms with E-state index in [4.69, 9.17) is 0 Å². The summed E-state index contributed by atoms with van der Waals surface area (Å²) >= 11 is 0. The van der Waals surface area contributed by atoms with Gasteiger partial charge in [0.05, 0.1) is 10.9 Å². The third kappa shape index (κ3) is 1.96. The average molecular weight is 422 g/mol. The van der Waals surface area contributed by atoms with Crippen molar-refractivity contribution in [2.24, 2.45) is 5.92 Å². The fourth-order valence-electron chi connectivity index (χ4n) is 6.93. The molecule has 1 unspecified atom stereocenters. The lowest BCUT2D eigenvalue weighted by Gasteiger charge is -2.30. The first-order valence-corrected chi connectivity index (χ1v) is 11.9. The van der Waals surface area contributed by atoms with Gasteiger partial charge in [-0.3, -0.25) is 0 Å². The van der Waals surface area contributed by atoms with Crippen LogP contribution in [0.25, 0.3) is 39.2 Å². The van der Waals surface area contributed by atoms with Gasteiger partial charge >= 0.3 is 0 Å². The number of benzene rings is 4. The quantitative estimate of drug-likeness (QED) is 0.258. The normalized spacial score (nSPS) is 18.2. The summed E-state index contributed by atoms with van der Waals surface area (Å²) in [6, 6.07) is 31.8. The van der Waals surface area contributed by atoms with Crippen LogP contribution in [0, 0.1) is 5.92 Å². The third-order valence-electron chi connectivity index (χ3n) is 8.16. The number of fused-ring (bicyclic) bond motifs is 14. The Bertz CT molecular complexity index is 1600. The summed E-state index contributed by atoms with van der Waals surface area (Å²) in [5.41, 5.74) is 14.8. The first-order valence-electron chi connectivity index (χ1n) is 11.9. The van der Waals surface area contributed by atoms with E-state index in [9.17, 15) is 0 Å². The van der Waals surface area contributed by atoms with Crippen LogP contribution in [0.4, 0.5) is 0 Å². The zero-order valence-electron chi connectivity index (χ0n) is 18.5. The Kier molecular flexibility index (Phi) is 3.18. The second-order valence-corrected chi connectivity index (χ2v) is 9.86. The number of hydrogen-bond donors (Lipinski definition) is 1. The van der Waals surface area contributed by atoms with Crippen LogP contribution in [0.5, 0.6) is 0 Å². The van der Waals surface area contributed by atoms with Crippen LogP contribution in [0.2, 0.25) is 0 Å². The molecular formula is C32H23N. The minimum atomic E-state index is -0.290. The second kappa shape index (κ2) is 5.94. The molecule has 1 spiro atoms. The van der Waals surface area contributed by atoms with Crippen molar-refractivity contribution in [3.8, 4) is 22.3 Å². The predicted molar refractivity (Wildman–Crippen MR) is 136 cm³/mol. The third-order valence-corrected chi connectivity index (χ3v) is 8.16. The molecule has 3 aliphatic rings. The smallest absolute Gasteiger partial charge is 0.0746 e. The molecule has 4 aromatic carbocycles. The molecule has 0 saturated carbocycles. The maximum absolute atomic E-state index is 3.94. The van der Waals surface area contributed by atoms with Gasteiger partial charge in [-0.25, -0.2) is 0 Å². The standard InChI is InChI=1S/C32H23N/c1-19-14-15-23-25-17-16-24-22-10-4-7-13-28(22)32(30(24)31(25)33-29(23)18-19)26-11-5-2-8-20(26)21-9-3-6-12-27(21)32/h2-17,19,33H,18H2,1H3. The van der Waals surface area contributed by atoms with Crippen LogP contribution >= 0.6 is 0 Å². The highest BCUT2D eigenvalue weighted by Gasteiger charge is 2.52. The Hall–Kier alpha value is -3.84. The molecule has 1 heteroatoms. The Morgan fingerprint density at radius 2 is 1.27 bits per heavy atom. The molecule has 0 radical (unpaired) electrons. The summed E-state index contributed by atoms with van der Waals surface area (Å²) in [7, 11) is 0. The minimum Gasteiger partial charge on any atom is -0.358 e. The summed E-state index contributed by atoms with van der Waals surface area (Å²) in [5, 5.41) is 1.35. The first-order chi connectivity index (χ1) is 16.3. The summed E-state index contributed by atoms with van der Waals surface area (Å²) < 4.78 is 0. The van der Waals surface area contributed by atoms with Gasteiger partial charge in [0.15, 0.2) is 0 Å². The number of nitrogens with one attached hydrogen (secondary N) is 1. The molecule has 1 heterocycles. The van der Waals surface area contributed by atoms with E-state index >= 15 is 0 Å². The van der Waals surface area contributed by atoms with E-state index in [-0.39, 0.29) is 5.41 Å². The van der Waals surface area contributed by atoms with Gasteiger partial charge < -0.3 is 4.98 Å². The molecule has 5 aromatic rings. The van der Waals surface area contributed by atoms with Crippen molar-refractivity contribution in [1.29, 1.82) is 0 Å². The summed E-state index contributed by atoms with van der Waals surface area (Å²) in [4.78, 5) is 3.94. The van der Waals surface area contributed by atoms with Crippen LogP contribution < -0.4 is 0 Å². The molecule has 0 amide bonds. The maximum atomic E-state index is 3.94. The van der Waals surface area contributed by atoms with Crippen molar-refractivity contribution in [2.75, 3.05) is 0 Å². The topological polar surface area (TPSA) is 15.8 Å². The van der Waals surface area contributed by atoms with Gasteiger partial charge in [0.1, 0.15) is 0 Å². The number of hydrogen-bond acceptors (Lipinski definition) is 0. The Labute approximate surface area is 193 Å². The highest BCUT2D eigenvalue weighted by Crippen LogP contribution is 2.64. The van der Waals surface area contributed by atoms with Gasteiger partial charge in [-0.1, -0.05) is 104 Å². The molecule has 1 nitrogen and oxygen atoms in total. The van der Waals surface area contributed by atoms with Crippen molar-refractivity contribution in [2.45, 2.75) is 18.8 Å². The van der Waals surface area contributed by atoms with E-state index in [1.165, 1.54) is 66.7 Å². The van der Waals surface area contributed by atoms with Gasteiger partial charge in [-0.05, 0) is 51.3 Å². The molecule has 1 aromatic heterocycles. The van der Waals surface area contributed by atoms with Crippen LogP contribution in [0.3, 0.4) is 0 Å². The first kappa shape index (κ1) is 17.7. The van der Waals surface area contributed by atoms with Crippen LogP contribution in [-0.4, -0.2) is 4.98 Å². The molecule has 1 atom stereocenters. The SMILES string of the molecule is CC1C=Cc2c([nH]c3c4c(ccc23)-c2ccccc2C42c3ccccc3-c3ccccc32)C1. The number of aromatic amines is 1. The van der Waals surface area contributed by atoms with Gasteiger partial charge in [-0.15, -0.1) is 0 Å². The van der Waals surface area contributed by atoms with Crippen molar-refractivity contribution in [3.05, 3.63) is 125 Å². The second-order valence-electron chi connectivity index (χ2n) is 9.86. The maximum Gasteiger partial charge on any atom is 0.0746 e. The summed E-state index contributed by atoms with van der Waals surface area (Å²) in [6.45, 7) is 2.30. The van der Waals surface area contributed by atoms with Gasteiger partial charge in [0.25, 0.3) is 0 Å². The molecule has 33 heavy (non-hydrogen) atoms. The fourth-order valence-corrected chi connectivity index (χ4v) is 6.93. The van der Waals surface area contributed by atoms with Crippen LogP contribution in [-0.2, 0) is 11.8 Å². The largest absolute Gasteiger partial charge is 0.358 e. The molecule has 0 saturated heterocycles. The van der Waals surface area contributed by atoms with Gasteiger partial charge in [0, 0.05) is 22.2 Å². The van der Waals surface area contributed by atoms with Crippen molar-refractivity contribution < 1.29 is 0 Å². The number of H-pyrrole nitrogens is 1. The van der Waals surface area contributed by atoms with E-state index in [2.05, 4.69) is 109 Å². The molecule has 156 valence electrons.